The number of hydrogen-bond donors (Lipinski definition) is 2. The fourth-order valence-electron chi connectivity index (χ4n) is 3.79. The van der Waals surface area contributed by atoms with Gasteiger partial charge in [-0.15, -0.1) is 10.2 Å². The fraction of sp³-hybridized carbons (Fsp3) is 0.500. The van der Waals surface area contributed by atoms with E-state index < -0.39 is 0 Å². The average molecular weight is 345 g/mol. The molecule has 1 amide bonds. The second kappa shape index (κ2) is 5.78. The molecule has 1 saturated heterocycles. The maximum absolute atomic E-state index is 12.1. The van der Waals surface area contributed by atoms with Gasteiger partial charge in [-0.2, -0.15) is 0 Å². The molecule has 3 heterocycles. The smallest absolute Gasteiger partial charge is 0.259 e. The Labute approximate surface area is 143 Å². The average Bonchev–Trinajstić information content (AvgIpc) is 3.23. The van der Waals surface area contributed by atoms with Gasteiger partial charge >= 0.3 is 0 Å². The Bertz CT molecular complexity index is 731. The van der Waals surface area contributed by atoms with Crippen molar-refractivity contribution in [2.75, 3.05) is 17.2 Å². The van der Waals surface area contributed by atoms with Crippen LogP contribution >= 0.6 is 11.3 Å². The number of carbonyl (C=O) groups excluding carboxylic acids is 1. The quantitative estimate of drug-likeness (QED) is 0.884. The van der Waals surface area contributed by atoms with Crippen molar-refractivity contribution in [1.29, 1.82) is 0 Å². The highest BCUT2D eigenvalue weighted by Gasteiger charge is 2.59. The first-order chi connectivity index (χ1) is 11.6. The lowest BCUT2D eigenvalue weighted by molar-refractivity contribution is -0.0924. The molecule has 0 spiro atoms. The molecule has 2 aromatic heterocycles. The van der Waals surface area contributed by atoms with Crippen LogP contribution in [0.5, 0.6) is 0 Å². The fourth-order valence-corrected chi connectivity index (χ4v) is 4.23. The third-order valence-corrected chi connectivity index (χ3v) is 5.62. The minimum Gasteiger partial charge on any atom is -0.377 e. The van der Waals surface area contributed by atoms with Gasteiger partial charge < -0.3 is 10.1 Å². The predicted molar refractivity (Wildman–Crippen MR) is 91.1 cm³/mol. The van der Waals surface area contributed by atoms with E-state index in [1.807, 2.05) is 6.07 Å². The van der Waals surface area contributed by atoms with Crippen molar-refractivity contribution in [3.05, 3.63) is 29.4 Å². The molecule has 0 aromatic carbocycles. The van der Waals surface area contributed by atoms with Gasteiger partial charge in [-0.05, 0) is 18.6 Å². The Balaban J connectivity index is 1.42. The summed E-state index contributed by atoms with van der Waals surface area (Å²) in [6.45, 7) is 5.29. The van der Waals surface area contributed by atoms with Gasteiger partial charge in [0, 0.05) is 30.2 Å². The van der Waals surface area contributed by atoms with Crippen LogP contribution in [0.4, 0.5) is 10.9 Å². The zero-order valence-corrected chi connectivity index (χ0v) is 14.3. The van der Waals surface area contributed by atoms with Crippen molar-refractivity contribution in [3.63, 3.8) is 0 Å². The molecule has 2 aromatic rings. The number of amides is 1. The highest BCUT2D eigenvalue weighted by atomic mass is 32.1. The van der Waals surface area contributed by atoms with Crippen LogP contribution in [0, 0.1) is 11.3 Å². The molecule has 1 aliphatic carbocycles. The largest absolute Gasteiger partial charge is 0.377 e. The van der Waals surface area contributed by atoms with Gasteiger partial charge in [0.1, 0.15) is 11.3 Å². The molecular formula is C16H19N5O2S. The van der Waals surface area contributed by atoms with Crippen LogP contribution in [0.25, 0.3) is 0 Å². The predicted octanol–water partition coefficient (Wildman–Crippen LogP) is 2.41. The van der Waals surface area contributed by atoms with Crippen LogP contribution in [0.15, 0.2) is 23.8 Å². The Morgan fingerprint density at radius 3 is 3.00 bits per heavy atom. The van der Waals surface area contributed by atoms with Gasteiger partial charge in [0.2, 0.25) is 5.13 Å². The SMILES string of the molecule is CC1(C)C(Nc2ccc(C(=O)Nc3nncs3)cn2)C2CCOC21. The first kappa shape index (κ1) is 15.5. The minimum atomic E-state index is -0.237. The standard InChI is InChI=1S/C16H19N5O2S/c1-16(2)12(10-5-6-23-13(10)16)19-11-4-3-9(7-17-11)14(22)20-15-21-18-8-24-15/h3-4,7-8,10,12-13H,5-6H2,1-2H3,(H,17,19)(H,20,21,22). The van der Waals surface area contributed by atoms with E-state index in [4.69, 9.17) is 4.74 Å². The van der Waals surface area contributed by atoms with E-state index in [1.54, 1.807) is 17.8 Å². The highest BCUT2D eigenvalue weighted by Crippen LogP contribution is 2.53. The zero-order valence-electron chi connectivity index (χ0n) is 13.5. The normalized spacial score (nSPS) is 27.2. The maximum Gasteiger partial charge on any atom is 0.259 e. The zero-order chi connectivity index (χ0) is 16.7. The number of anilines is 2. The van der Waals surface area contributed by atoms with Crippen molar-refractivity contribution in [3.8, 4) is 0 Å². The lowest BCUT2D eigenvalue weighted by atomic mass is 9.57. The summed E-state index contributed by atoms with van der Waals surface area (Å²) in [5.41, 5.74) is 2.16. The number of carbonyl (C=O) groups is 1. The number of nitrogens with zero attached hydrogens (tertiary/aromatic N) is 3. The van der Waals surface area contributed by atoms with E-state index in [1.165, 1.54) is 11.3 Å². The van der Waals surface area contributed by atoms with E-state index in [9.17, 15) is 4.79 Å². The molecular weight excluding hydrogens is 326 g/mol. The summed E-state index contributed by atoms with van der Waals surface area (Å²) >= 11 is 1.28. The number of rotatable bonds is 4. The molecule has 8 heteroatoms. The minimum absolute atomic E-state index is 0.0940. The molecule has 2 fully saturated rings. The molecule has 4 rings (SSSR count). The van der Waals surface area contributed by atoms with E-state index in [0.29, 0.717) is 28.8 Å². The third kappa shape index (κ3) is 2.55. The van der Waals surface area contributed by atoms with Gasteiger partial charge in [0.15, 0.2) is 0 Å². The summed E-state index contributed by atoms with van der Waals surface area (Å²) in [7, 11) is 0. The van der Waals surface area contributed by atoms with Crippen molar-refractivity contribution in [2.45, 2.75) is 32.4 Å². The van der Waals surface area contributed by atoms with E-state index in [2.05, 4.69) is 39.7 Å². The van der Waals surface area contributed by atoms with Crippen molar-refractivity contribution >= 4 is 28.2 Å². The molecule has 7 nitrogen and oxygen atoms in total. The van der Waals surface area contributed by atoms with Crippen LogP contribution in [0.3, 0.4) is 0 Å². The number of nitrogens with one attached hydrogen (secondary N) is 2. The lowest BCUT2D eigenvalue weighted by Gasteiger charge is -2.54. The number of pyridine rings is 1. The number of ether oxygens (including phenoxy) is 1. The summed E-state index contributed by atoms with van der Waals surface area (Å²) in [5, 5.41) is 14.2. The van der Waals surface area contributed by atoms with Gasteiger partial charge in [-0.3, -0.25) is 10.1 Å². The summed E-state index contributed by atoms with van der Waals surface area (Å²) < 4.78 is 5.81. The Morgan fingerprint density at radius 1 is 1.42 bits per heavy atom. The van der Waals surface area contributed by atoms with Crippen LogP contribution in [-0.2, 0) is 4.74 Å². The third-order valence-electron chi connectivity index (χ3n) is 5.01. The lowest BCUT2D eigenvalue weighted by Crippen LogP contribution is -2.63. The summed E-state index contributed by atoms with van der Waals surface area (Å²) in [5.74, 6) is 1.09. The summed E-state index contributed by atoms with van der Waals surface area (Å²) in [6.07, 6.45) is 3.01. The topological polar surface area (TPSA) is 89.0 Å². The molecule has 2 N–H and O–H groups in total. The Hall–Kier alpha value is -2.06. The summed E-state index contributed by atoms with van der Waals surface area (Å²) in [6, 6.07) is 3.95. The van der Waals surface area contributed by atoms with Crippen LogP contribution in [-0.4, -0.2) is 39.8 Å². The van der Waals surface area contributed by atoms with E-state index in [0.717, 1.165) is 18.8 Å². The molecule has 1 aliphatic heterocycles. The maximum atomic E-state index is 12.1. The van der Waals surface area contributed by atoms with Gasteiger partial charge in [0.05, 0.1) is 11.7 Å². The van der Waals surface area contributed by atoms with Gasteiger partial charge in [-0.25, -0.2) is 4.98 Å². The molecule has 126 valence electrons. The molecule has 1 saturated carbocycles. The van der Waals surface area contributed by atoms with Gasteiger partial charge in [0.25, 0.3) is 5.91 Å². The Kier molecular flexibility index (Phi) is 3.73. The van der Waals surface area contributed by atoms with Crippen LogP contribution in [0.2, 0.25) is 0 Å². The molecule has 3 unspecified atom stereocenters. The molecule has 0 bridgehead atoms. The summed E-state index contributed by atoms with van der Waals surface area (Å²) in [4.78, 5) is 16.5. The van der Waals surface area contributed by atoms with E-state index in [-0.39, 0.29) is 11.3 Å². The monoisotopic (exact) mass is 345 g/mol. The first-order valence-corrected chi connectivity index (χ1v) is 8.85. The second-order valence-corrected chi connectivity index (χ2v) is 7.65. The number of hydrogen-bond acceptors (Lipinski definition) is 7. The molecule has 2 aliphatic rings. The molecule has 3 atom stereocenters. The highest BCUT2D eigenvalue weighted by molar-refractivity contribution is 7.13. The number of fused-ring (bicyclic) bond motifs is 1. The van der Waals surface area contributed by atoms with Crippen molar-refractivity contribution in [2.24, 2.45) is 11.3 Å². The van der Waals surface area contributed by atoms with Crippen molar-refractivity contribution < 1.29 is 9.53 Å². The Morgan fingerprint density at radius 2 is 2.29 bits per heavy atom. The van der Waals surface area contributed by atoms with Crippen LogP contribution < -0.4 is 10.6 Å². The molecule has 24 heavy (non-hydrogen) atoms. The first-order valence-electron chi connectivity index (χ1n) is 7.97. The number of aromatic nitrogens is 3. The van der Waals surface area contributed by atoms with Gasteiger partial charge in [-0.1, -0.05) is 25.2 Å². The van der Waals surface area contributed by atoms with E-state index >= 15 is 0 Å². The molecule has 0 radical (unpaired) electrons. The second-order valence-electron chi connectivity index (χ2n) is 6.82. The van der Waals surface area contributed by atoms with Crippen LogP contribution in [0.1, 0.15) is 30.6 Å². The van der Waals surface area contributed by atoms with Crippen molar-refractivity contribution in [1.82, 2.24) is 15.2 Å².